The van der Waals surface area contributed by atoms with Crippen molar-refractivity contribution in [2.24, 2.45) is 0 Å². The molecule has 0 saturated carbocycles. The minimum absolute atomic E-state index is 0.0277. The number of hydrogen-bond donors (Lipinski definition) is 1. The van der Waals surface area contributed by atoms with E-state index in [1.807, 2.05) is 21.1 Å². The molecule has 0 amide bonds. The molecule has 0 bridgehead atoms. The largest absolute Gasteiger partial charge is 0.472 e. The highest BCUT2D eigenvalue weighted by atomic mass is 31.2. The standard InChI is InChI=1S/C66H118NO8P/c1-6-8-10-12-14-16-18-20-22-24-26-27-28-29-30-31-32-33-34-35-36-37-38-39-41-43-45-47-49-51-53-55-57-59-66(69)75-64(63-74-76(70,71)73-61-60-67(3,4)5)62-72-65(68)58-56-54-52-50-48-46-44-42-40-25-23-21-19-17-15-13-11-9-7-2/h8,10,14-17,20-23,26-27,40,42,64H,6-7,9,11-13,18-19,24-25,28-39,41,43-63H2,1-5H3/p+1/b10-8-,16-14-,17-15-,22-20-,23-21-,27-26-,42-40-. The molecule has 0 aliphatic rings. The van der Waals surface area contributed by atoms with Gasteiger partial charge in [0.05, 0.1) is 27.7 Å². The van der Waals surface area contributed by atoms with Crippen LogP contribution in [0.2, 0.25) is 0 Å². The lowest BCUT2D eigenvalue weighted by Gasteiger charge is -2.24. The van der Waals surface area contributed by atoms with E-state index < -0.39 is 26.5 Å². The molecule has 0 radical (unpaired) electrons. The average Bonchev–Trinajstić information content (AvgIpc) is 3.38. The van der Waals surface area contributed by atoms with E-state index in [9.17, 15) is 19.0 Å². The molecule has 9 nitrogen and oxygen atoms in total. The maximum atomic E-state index is 12.8. The van der Waals surface area contributed by atoms with Crippen LogP contribution in [0.15, 0.2) is 85.1 Å². The van der Waals surface area contributed by atoms with Crippen molar-refractivity contribution in [1.82, 2.24) is 0 Å². The third kappa shape index (κ3) is 60.4. The first-order chi connectivity index (χ1) is 37.0. The molecule has 0 rings (SSSR count). The second kappa shape index (κ2) is 56.9. The van der Waals surface area contributed by atoms with Gasteiger partial charge in [0.2, 0.25) is 0 Å². The maximum Gasteiger partial charge on any atom is 0.472 e. The molecule has 10 heteroatoms. The van der Waals surface area contributed by atoms with Crippen LogP contribution < -0.4 is 0 Å². The first-order valence-corrected chi connectivity index (χ1v) is 32.8. The van der Waals surface area contributed by atoms with E-state index >= 15 is 0 Å². The first kappa shape index (κ1) is 73.2. The smallest absolute Gasteiger partial charge is 0.462 e. The third-order valence-electron chi connectivity index (χ3n) is 13.4. The van der Waals surface area contributed by atoms with Crippen molar-refractivity contribution in [1.29, 1.82) is 0 Å². The molecule has 0 spiro atoms. The molecule has 2 atom stereocenters. The third-order valence-corrected chi connectivity index (χ3v) is 14.4. The van der Waals surface area contributed by atoms with Gasteiger partial charge in [-0.15, -0.1) is 0 Å². The van der Waals surface area contributed by atoms with E-state index in [0.29, 0.717) is 17.4 Å². The fourth-order valence-corrected chi connectivity index (χ4v) is 9.34. The monoisotopic (exact) mass is 1080 g/mol. The summed E-state index contributed by atoms with van der Waals surface area (Å²) in [6.45, 7) is 4.30. The van der Waals surface area contributed by atoms with E-state index in [2.05, 4.69) is 98.9 Å². The number of ether oxygens (including phenoxy) is 2. The fraction of sp³-hybridized carbons (Fsp3) is 0.758. The molecule has 0 saturated heterocycles. The van der Waals surface area contributed by atoms with Crippen LogP contribution in [0.25, 0.3) is 0 Å². The Labute approximate surface area is 469 Å². The highest BCUT2D eigenvalue weighted by molar-refractivity contribution is 7.47. The van der Waals surface area contributed by atoms with Gasteiger partial charge in [0.25, 0.3) is 0 Å². The number of hydrogen-bond acceptors (Lipinski definition) is 7. The summed E-state index contributed by atoms with van der Waals surface area (Å²) in [5.74, 6) is -0.806. The lowest BCUT2D eigenvalue weighted by molar-refractivity contribution is -0.870. The van der Waals surface area contributed by atoms with Crippen molar-refractivity contribution >= 4 is 19.8 Å². The number of phosphoric ester groups is 1. The lowest BCUT2D eigenvalue weighted by atomic mass is 10.0. The van der Waals surface area contributed by atoms with Crippen LogP contribution in [0.1, 0.15) is 271 Å². The Morgan fingerprint density at radius 2 is 0.750 bits per heavy atom. The molecule has 0 aromatic carbocycles. The van der Waals surface area contributed by atoms with Crippen molar-refractivity contribution in [3.63, 3.8) is 0 Å². The number of carbonyl (C=O) groups is 2. The Morgan fingerprint density at radius 3 is 1.12 bits per heavy atom. The number of allylic oxidation sites excluding steroid dienone is 14. The first-order valence-electron chi connectivity index (χ1n) is 31.3. The molecular weight excluding hydrogens is 966 g/mol. The summed E-state index contributed by atoms with van der Waals surface area (Å²) in [5.41, 5.74) is 0. The zero-order chi connectivity index (χ0) is 55.6. The summed E-state index contributed by atoms with van der Waals surface area (Å²) < 4.78 is 34.6. The van der Waals surface area contributed by atoms with E-state index in [0.717, 1.165) is 83.5 Å². The van der Waals surface area contributed by atoms with Gasteiger partial charge in [-0.25, -0.2) is 4.57 Å². The average molecular weight is 1090 g/mol. The van der Waals surface area contributed by atoms with Gasteiger partial charge >= 0.3 is 19.8 Å². The van der Waals surface area contributed by atoms with Gasteiger partial charge in [0.1, 0.15) is 19.8 Å². The van der Waals surface area contributed by atoms with Gasteiger partial charge in [0, 0.05) is 12.8 Å². The second-order valence-electron chi connectivity index (χ2n) is 22.1. The molecule has 0 aromatic rings. The van der Waals surface area contributed by atoms with Gasteiger partial charge in [0.15, 0.2) is 6.10 Å². The Hall–Kier alpha value is -2.81. The van der Waals surface area contributed by atoms with E-state index in [4.69, 9.17) is 18.5 Å². The van der Waals surface area contributed by atoms with Crippen LogP contribution in [-0.4, -0.2) is 74.9 Å². The van der Waals surface area contributed by atoms with E-state index in [-0.39, 0.29) is 32.0 Å². The predicted octanol–water partition coefficient (Wildman–Crippen LogP) is 19.8. The minimum Gasteiger partial charge on any atom is -0.462 e. The molecule has 0 aliphatic heterocycles. The number of quaternary nitrogens is 1. The highest BCUT2D eigenvalue weighted by Crippen LogP contribution is 2.43. The van der Waals surface area contributed by atoms with Crippen molar-refractivity contribution in [3.8, 4) is 0 Å². The number of rotatable bonds is 57. The summed E-state index contributed by atoms with van der Waals surface area (Å²) in [5, 5.41) is 0. The normalized spacial score (nSPS) is 13.8. The molecular formula is C66H119NO8P+. The molecule has 0 heterocycles. The van der Waals surface area contributed by atoms with Gasteiger partial charge in [-0.2, -0.15) is 0 Å². The van der Waals surface area contributed by atoms with Crippen molar-refractivity contribution < 1.29 is 42.1 Å². The minimum atomic E-state index is -4.39. The van der Waals surface area contributed by atoms with Crippen LogP contribution in [0.3, 0.4) is 0 Å². The van der Waals surface area contributed by atoms with Crippen LogP contribution in [0.4, 0.5) is 0 Å². The topological polar surface area (TPSA) is 108 Å². The van der Waals surface area contributed by atoms with E-state index in [1.54, 1.807) is 0 Å². The van der Waals surface area contributed by atoms with Crippen molar-refractivity contribution in [2.45, 2.75) is 277 Å². The summed E-state index contributed by atoms with van der Waals surface area (Å²) in [6, 6.07) is 0. The van der Waals surface area contributed by atoms with Gasteiger partial charge in [-0.1, -0.05) is 253 Å². The van der Waals surface area contributed by atoms with Crippen molar-refractivity contribution in [2.75, 3.05) is 47.5 Å². The quantitative estimate of drug-likeness (QED) is 0.0211. The Kier molecular flexibility index (Phi) is 54.8. The summed E-state index contributed by atoms with van der Waals surface area (Å²) >= 11 is 0. The summed E-state index contributed by atoms with van der Waals surface area (Å²) in [7, 11) is 1.47. The zero-order valence-corrected chi connectivity index (χ0v) is 50.9. The molecule has 0 aromatic heterocycles. The molecule has 2 unspecified atom stereocenters. The van der Waals surface area contributed by atoms with Crippen molar-refractivity contribution in [3.05, 3.63) is 85.1 Å². The van der Waals surface area contributed by atoms with Gasteiger partial charge in [-0.05, 0) is 89.9 Å². The zero-order valence-electron chi connectivity index (χ0n) is 50.0. The summed E-state index contributed by atoms with van der Waals surface area (Å²) in [6.07, 6.45) is 76.7. The highest BCUT2D eigenvalue weighted by Gasteiger charge is 2.27. The van der Waals surface area contributed by atoms with Crippen LogP contribution in [-0.2, 0) is 32.7 Å². The Bertz CT molecular complexity index is 1560. The maximum absolute atomic E-state index is 12.8. The predicted molar refractivity (Wildman–Crippen MR) is 325 cm³/mol. The number of unbranched alkanes of at least 4 members (excludes halogenated alkanes) is 29. The molecule has 76 heavy (non-hydrogen) atoms. The van der Waals surface area contributed by atoms with Gasteiger partial charge < -0.3 is 18.9 Å². The number of nitrogens with zero attached hydrogens (tertiary/aromatic N) is 1. The van der Waals surface area contributed by atoms with Crippen LogP contribution in [0, 0.1) is 0 Å². The number of likely N-dealkylation sites (N-methyl/N-ethyl adjacent to an activating group) is 1. The summed E-state index contributed by atoms with van der Waals surface area (Å²) in [4.78, 5) is 35.7. The molecule has 1 N–H and O–H groups in total. The second-order valence-corrected chi connectivity index (χ2v) is 23.5. The fourth-order valence-electron chi connectivity index (χ4n) is 8.60. The Morgan fingerprint density at radius 1 is 0.421 bits per heavy atom. The SMILES string of the molecule is CC/C=C\C/C=C\C/C=C\C/C=C\CCCCCCCCCCCCCCCCCCCCCCC(=O)OC(COC(=O)CCCCCCCC/C=C\C/C=C\C/C=C\CCCCC)COP(=O)(O)OCC[N+](C)(C)C. The molecule has 0 fully saturated rings. The van der Waals surface area contributed by atoms with Crippen LogP contribution in [0.5, 0.6) is 0 Å². The number of esters is 2. The van der Waals surface area contributed by atoms with E-state index in [1.165, 1.54) is 154 Å². The van der Waals surface area contributed by atoms with Gasteiger partial charge in [-0.3, -0.25) is 18.6 Å². The number of carbonyl (C=O) groups excluding carboxylic acids is 2. The van der Waals surface area contributed by atoms with Crippen LogP contribution >= 0.6 is 7.82 Å². The molecule has 440 valence electrons. The number of phosphoric acid groups is 1. The molecule has 0 aliphatic carbocycles. The Balaban J connectivity index is 4.06. The lowest BCUT2D eigenvalue weighted by Crippen LogP contribution is -2.37.